The molecule has 0 N–H and O–H groups in total. The zero-order chi connectivity index (χ0) is 12.1. The minimum Gasteiger partial charge on any atom is -0.298 e. The Hall–Kier alpha value is -0.190. The van der Waals surface area contributed by atoms with Crippen LogP contribution in [0.15, 0.2) is 15.2 Å². The van der Waals surface area contributed by atoms with Crippen LogP contribution in [-0.2, 0) is 11.3 Å². The number of carbonyl (C=O) groups is 1. The van der Waals surface area contributed by atoms with E-state index in [-0.39, 0.29) is 5.92 Å². The quantitative estimate of drug-likeness (QED) is 0.801. The number of carbonyl (C=O) groups excluding carboxylic acids is 1. The zero-order valence-electron chi connectivity index (χ0n) is 10.00. The molecule has 0 spiro atoms. The fraction of sp³-hybridized carbons (Fsp3) is 0.583. The van der Waals surface area contributed by atoms with Gasteiger partial charge in [0, 0.05) is 12.5 Å². The second-order valence-electron chi connectivity index (χ2n) is 4.21. The van der Waals surface area contributed by atoms with Gasteiger partial charge >= 0.3 is 0 Å². The monoisotopic (exact) mass is 303 g/mol. The highest BCUT2D eigenvalue weighted by Gasteiger charge is 2.13. The van der Waals surface area contributed by atoms with E-state index in [1.807, 2.05) is 14.0 Å². The van der Waals surface area contributed by atoms with E-state index in [9.17, 15) is 4.79 Å². The van der Waals surface area contributed by atoms with E-state index in [4.69, 9.17) is 0 Å². The predicted molar refractivity (Wildman–Crippen MR) is 72.8 cm³/mol. The average Bonchev–Trinajstić information content (AvgIpc) is 2.62. The third-order valence-corrected chi connectivity index (χ3v) is 4.22. The first-order valence-electron chi connectivity index (χ1n) is 5.47. The summed E-state index contributed by atoms with van der Waals surface area (Å²) < 4.78 is 1.14. The highest BCUT2D eigenvalue weighted by atomic mass is 79.9. The third kappa shape index (κ3) is 4.36. The fourth-order valence-electron chi connectivity index (χ4n) is 1.45. The molecule has 1 atom stereocenters. The van der Waals surface area contributed by atoms with Gasteiger partial charge in [0.2, 0.25) is 0 Å². The minimum atomic E-state index is 0.177. The largest absolute Gasteiger partial charge is 0.298 e. The first-order chi connectivity index (χ1) is 7.52. The van der Waals surface area contributed by atoms with Crippen molar-refractivity contribution in [2.75, 3.05) is 13.6 Å². The van der Waals surface area contributed by atoms with E-state index in [2.05, 4.69) is 39.2 Å². The van der Waals surface area contributed by atoms with E-state index in [1.54, 1.807) is 11.3 Å². The highest BCUT2D eigenvalue weighted by molar-refractivity contribution is 9.11. The number of Topliss-reactive ketones (excluding diaryl/α,β-unsaturated/α-hetero) is 1. The Labute approximate surface area is 110 Å². The molecule has 90 valence electrons. The number of hydrogen-bond donors (Lipinski definition) is 0. The van der Waals surface area contributed by atoms with E-state index in [0.717, 1.165) is 16.8 Å². The van der Waals surface area contributed by atoms with Crippen LogP contribution in [0.25, 0.3) is 0 Å². The van der Waals surface area contributed by atoms with Gasteiger partial charge in [-0.05, 0) is 46.4 Å². The van der Waals surface area contributed by atoms with Crippen LogP contribution in [0.1, 0.15) is 25.8 Å². The van der Waals surface area contributed by atoms with Gasteiger partial charge in [0.1, 0.15) is 5.78 Å². The number of likely N-dealkylation sites (N-methyl/N-ethyl adjacent to an activating group) is 1. The van der Waals surface area contributed by atoms with Gasteiger partial charge in [0.25, 0.3) is 0 Å². The first kappa shape index (κ1) is 13.9. The Bertz CT molecular complexity index is 351. The van der Waals surface area contributed by atoms with Gasteiger partial charge in [-0.15, -0.1) is 11.3 Å². The Morgan fingerprint density at radius 3 is 2.81 bits per heavy atom. The molecule has 0 aliphatic heterocycles. The summed E-state index contributed by atoms with van der Waals surface area (Å²) in [6.07, 6.45) is 0.927. The van der Waals surface area contributed by atoms with Crippen LogP contribution in [0, 0.1) is 5.92 Å². The summed E-state index contributed by atoms with van der Waals surface area (Å²) >= 11 is 5.12. The van der Waals surface area contributed by atoms with Gasteiger partial charge in [0.05, 0.1) is 10.3 Å². The van der Waals surface area contributed by atoms with E-state index in [0.29, 0.717) is 12.3 Å². The standard InChI is InChI=1S/C12H18BrNOS/c1-4-9(2)11(15)7-14(3)6-10-5-12(13)16-8-10/h5,8-9H,4,6-7H2,1-3H3. The third-order valence-electron chi connectivity index (χ3n) is 2.66. The number of rotatable bonds is 6. The first-order valence-corrected chi connectivity index (χ1v) is 7.14. The molecule has 1 aromatic heterocycles. The van der Waals surface area contributed by atoms with Gasteiger partial charge in [-0.3, -0.25) is 9.69 Å². The zero-order valence-corrected chi connectivity index (χ0v) is 12.4. The van der Waals surface area contributed by atoms with Crippen LogP contribution in [0.4, 0.5) is 0 Å². The van der Waals surface area contributed by atoms with Gasteiger partial charge in [-0.1, -0.05) is 13.8 Å². The lowest BCUT2D eigenvalue weighted by molar-refractivity contribution is -0.123. The maximum atomic E-state index is 11.7. The molecule has 0 saturated heterocycles. The molecule has 2 nitrogen and oxygen atoms in total. The highest BCUT2D eigenvalue weighted by Crippen LogP contribution is 2.21. The summed E-state index contributed by atoms with van der Waals surface area (Å²) in [6, 6.07) is 2.11. The van der Waals surface area contributed by atoms with E-state index in [1.165, 1.54) is 5.56 Å². The molecule has 16 heavy (non-hydrogen) atoms. The number of hydrogen-bond acceptors (Lipinski definition) is 3. The number of halogens is 1. The fourth-order valence-corrected chi connectivity index (χ4v) is 2.65. The van der Waals surface area contributed by atoms with Gasteiger partial charge in [-0.25, -0.2) is 0 Å². The lowest BCUT2D eigenvalue weighted by Crippen LogP contribution is -2.28. The number of thiophene rings is 1. The molecule has 1 aromatic rings. The Balaban J connectivity index is 2.41. The van der Waals surface area contributed by atoms with Gasteiger partial charge in [-0.2, -0.15) is 0 Å². The maximum Gasteiger partial charge on any atom is 0.149 e. The molecule has 1 rings (SSSR count). The molecule has 0 saturated carbocycles. The molecule has 1 unspecified atom stereocenters. The van der Waals surface area contributed by atoms with Gasteiger partial charge in [0.15, 0.2) is 0 Å². The summed E-state index contributed by atoms with van der Waals surface area (Å²) in [4.78, 5) is 13.8. The summed E-state index contributed by atoms with van der Waals surface area (Å²) in [5, 5.41) is 2.12. The Morgan fingerprint density at radius 1 is 1.62 bits per heavy atom. The molecule has 0 radical (unpaired) electrons. The Morgan fingerprint density at radius 2 is 2.31 bits per heavy atom. The average molecular weight is 304 g/mol. The van der Waals surface area contributed by atoms with E-state index >= 15 is 0 Å². The van der Waals surface area contributed by atoms with Crippen molar-refractivity contribution in [3.63, 3.8) is 0 Å². The smallest absolute Gasteiger partial charge is 0.149 e. The van der Waals surface area contributed by atoms with Crippen molar-refractivity contribution < 1.29 is 4.79 Å². The van der Waals surface area contributed by atoms with Crippen molar-refractivity contribution in [1.29, 1.82) is 0 Å². The van der Waals surface area contributed by atoms with E-state index < -0.39 is 0 Å². The van der Waals surface area contributed by atoms with Crippen LogP contribution in [0.2, 0.25) is 0 Å². The Kier molecular flexibility index (Phi) is 5.66. The molecule has 0 aromatic carbocycles. The van der Waals surface area contributed by atoms with Gasteiger partial charge < -0.3 is 0 Å². The lowest BCUT2D eigenvalue weighted by atomic mass is 10.0. The normalized spacial score (nSPS) is 13.1. The van der Waals surface area contributed by atoms with Crippen LogP contribution in [0.5, 0.6) is 0 Å². The molecule has 0 aliphatic rings. The molecule has 4 heteroatoms. The molecule has 0 amide bonds. The second-order valence-corrected chi connectivity index (χ2v) is 6.50. The maximum absolute atomic E-state index is 11.7. The molecule has 0 aliphatic carbocycles. The van der Waals surface area contributed by atoms with Crippen LogP contribution in [-0.4, -0.2) is 24.3 Å². The van der Waals surface area contributed by atoms with Crippen molar-refractivity contribution in [2.24, 2.45) is 5.92 Å². The molecular formula is C12H18BrNOS. The summed E-state index contributed by atoms with van der Waals surface area (Å²) in [7, 11) is 1.99. The SMILES string of the molecule is CCC(C)C(=O)CN(C)Cc1csc(Br)c1. The topological polar surface area (TPSA) is 20.3 Å². The number of nitrogens with zero attached hydrogens (tertiary/aromatic N) is 1. The second kappa shape index (κ2) is 6.52. The van der Waals surface area contributed by atoms with Crippen LogP contribution >= 0.6 is 27.3 Å². The minimum absolute atomic E-state index is 0.177. The molecular weight excluding hydrogens is 286 g/mol. The summed E-state index contributed by atoms with van der Waals surface area (Å²) in [6.45, 7) is 5.43. The summed E-state index contributed by atoms with van der Waals surface area (Å²) in [5.41, 5.74) is 1.26. The predicted octanol–water partition coefficient (Wildman–Crippen LogP) is 3.56. The molecule has 0 fully saturated rings. The molecule has 0 bridgehead atoms. The van der Waals surface area contributed by atoms with Crippen molar-refractivity contribution in [1.82, 2.24) is 4.90 Å². The van der Waals surface area contributed by atoms with Crippen molar-refractivity contribution in [2.45, 2.75) is 26.8 Å². The van der Waals surface area contributed by atoms with Crippen molar-refractivity contribution in [3.8, 4) is 0 Å². The molecule has 1 heterocycles. The van der Waals surface area contributed by atoms with Crippen molar-refractivity contribution >= 4 is 33.0 Å². The number of ketones is 1. The lowest BCUT2D eigenvalue weighted by Gasteiger charge is -2.17. The van der Waals surface area contributed by atoms with Crippen LogP contribution in [0.3, 0.4) is 0 Å². The van der Waals surface area contributed by atoms with Crippen LogP contribution < -0.4 is 0 Å². The van der Waals surface area contributed by atoms with Crippen molar-refractivity contribution in [3.05, 3.63) is 20.8 Å². The summed E-state index contributed by atoms with van der Waals surface area (Å²) in [5.74, 6) is 0.510.